The lowest BCUT2D eigenvalue weighted by atomic mass is 10.2. The van der Waals surface area contributed by atoms with Crippen LogP contribution in [0.5, 0.6) is 5.75 Å². The van der Waals surface area contributed by atoms with Gasteiger partial charge in [-0.3, -0.25) is 0 Å². The minimum atomic E-state index is -0.460. The Morgan fingerprint density at radius 2 is 2.21 bits per heavy atom. The molecule has 2 heterocycles. The summed E-state index contributed by atoms with van der Waals surface area (Å²) in [6.45, 7) is 1.12. The van der Waals surface area contributed by atoms with Crippen LogP contribution in [-0.2, 0) is 19.6 Å². The number of fused-ring (bicyclic) bond motifs is 1. The fourth-order valence-corrected chi connectivity index (χ4v) is 2.25. The smallest absolute Gasteiger partial charge is 0.171 e. The molecule has 5 nitrogen and oxygen atoms in total. The van der Waals surface area contributed by atoms with E-state index in [1.54, 1.807) is 6.07 Å². The predicted molar refractivity (Wildman–Crippen MR) is 68.1 cm³/mol. The molecule has 0 saturated carbocycles. The second kappa shape index (κ2) is 4.87. The number of aromatic nitrogens is 3. The molecular formula is C13H15FN4O. The maximum absolute atomic E-state index is 13.6. The first kappa shape index (κ1) is 12.0. The highest BCUT2D eigenvalue weighted by Crippen LogP contribution is 2.21. The fourth-order valence-electron chi connectivity index (χ4n) is 2.25. The van der Waals surface area contributed by atoms with Gasteiger partial charge in [0.05, 0.1) is 0 Å². The molecule has 1 aliphatic heterocycles. The molecule has 2 aromatic rings. The Kier molecular flexibility index (Phi) is 3.06. The largest absolute Gasteiger partial charge is 0.483 e. The lowest BCUT2D eigenvalue weighted by molar-refractivity contribution is 0.273. The van der Waals surface area contributed by atoms with Crippen LogP contribution in [0.2, 0.25) is 0 Å². The number of nitrogens with two attached hydrogens (primary N) is 1. The topological polar surface area (TPSA) is 66.0 Å². The monoisotopic (exact) mass is 262 g/mol. The van der Waals surface area contributed by atoms with E-state index in [0.29, 0.717) is 5.69 Å². The third-order valence-corrected chi connectivity index (χ3v) is 3.25. The van der Waals surface area contributed by atoms with E-state index in [1.807, 2.05) is 0 Å². The fraction of sp³-hybridized carbons (Fsp3) is 0.385. The van der Waals surface area contributed by atoms with Gasteiger partial charge >= 0.3 is 0 Å². The van der Waals surface area contributed by atoms with Crippen LogP contribution in [0.4, 0.5) is 10.1 Å². The number of anilines is 1. The molecule has 2 N–H and O–H groups in total. The Balaban J connectivity index is 1.74. The maximum Gasteiger partial charge on any atom is 0.171 e. The van der Waals surface area contributed by atoms with Gasteiger partial charge in [0.25, 0.3) is 0 Å². The Bertz CT molecular complexity index is 596. The molecule has 0 spiro atoms. The molecule has 0 amide bonds. The minimum absolute atomic E-state index is 0.183. The minimum Gasteiger partial charge on any atom is -0.483 e. The molecule has 0 fully saturated rings. The van der Waals surface area contributed by atoms with Gasteiger partial charge in [-0.1, -0.05) is 0 Å². The number of nitrogen functional groups attached to an aromatic ring is 1. The third kappa shape index (κ3) is 2.38. The number of nitrogens with zero attached hydrogens (tertiary/aromatic N) is 3. The van der Waals surface area contributed by atoms with Crippen molar-refractivity contribution >= 4 is 5.69 Å². The van der Waals surface area contributed by atoms with Gasteiger partial charge in [0, 0.05) is 24.7 Å². The van der Waals surface area contributed by atoms with Crippen LogP contribution in [-0.4, -0.2) is 14.8 Å². The molecular weight excluding hydrogens is 247 g/mol. The standard InChI is InChI=1S/C13H15FN4O/c14-10-7-9(15)4-5-11(10)19-8-13-17-16-12-3-1-2-6-18(12)13/h4-5,7H,1-3,6,8,15H2. The van der Waals surface area contributed by atoms with E-state index in [-0.39, 0.29) is 12.4 Å². The first-order valence-corrected chi connectivity index (χ1v) is 6.33. The van der Waals surface area contributed by atoms with Crippen LogP contribution in [0.15, 0.2) is 18.2 Å². The van der Waals surface area contributed by atoms with Gasteiger partial charge in [0.2, 0.25) is 0 Å². The quantitative estimate of drug-likeness (QED) is 0.858. The number of benzene rings is 1. The van der Waals surface area contributed by atoms with Crippen molar-refractivity contribution in [2.24, 2.45) is 0 Å². The lowest BCUT2D eigenvalue weighted by Gasteiger charge is -2.15. The summed E-state index contributed by atoms with van der Waals surface area (Å²) in [5.74, 6) is 1.45. The Morgan fingerprint density at radius 1 is 1.32 bits per heavy atom. The molecule has 0 radical (unpaired) electrons. The van der Waals surface area contributed by atoms with Crippen molar-refractivity contribution < 1.29 is 9.13 Å². The van der Waals surface area contributed by atoms with E-state index in [1.165, 1.54) is 12.1 Å². The first-order chi connectivity index (χ1) is 9.24. The van der Waals surface area contributed by atoms with Crippen LogP contribution in [0, 0.1) is 5.82 Å². The average Bonchev–Trinajstić information content (AvgIpc) is 2.81. The maximum atomic E-state index is 13.6. The molecule has 0 saturated heterocycles. The SMILES string of the molecule is Nc1ccc(OCc2nnc3n2CCCC3)c(F)c1. The summed E-state index contributed by atoms with van der Waals surface area (Å²) in [5.41, 5.74) is 5.87. The third-order valence-electron chi connectivity index (χ3n) is 3.25. The van der Waals surface area contributed by atoms with Crippen LogP contribution < -0.4 is 10.5 Å². The van der Waals surface area contributed by atoms with Crippen molar-refractivity contribution in [1.82, 2.24) is 14.8 Å². The van der Waals surface area contributed by atoms with Crippen LogP contribution >= 0.6 is 0 Å². The van der Waals surface area contributed by atoms with Crippen LogP contribution in [0.3, 0.4) is 0 Å². The van der Waals surface area contributed by atoms with Crippen molar-refractivity contribution in [3.63, 3.8) is 0 Å². The number of aryl methyl sites for hydroxylation is 1. The van der Waals surface area contributed by atoms with Gasteiger partial charge in [-0.15, -0.1) is 10.2 Å². The zero-order valence-electron chi connectivity index (χ0n) is 10.5. The second-order valence-corrected chi connectivity index (χ2v) is 4.62. The summed E-state index contributed by atoms with van der Waals surface area (Å²) in [4.78, 5) is 0. The van der Waals surface area contributed by atoms with E-state index >= 15 is 0 Å². The molecule has 6 heteroatoms. The summed E-state index contributed by atoms with van der Waals surface area (Å²) in [5, 5.41) is 8.23. The van der Waals surface area contributed by atoms with Gasteiger partial charge in [-0.2, -0.15) is 0 Å². The number of hydrogen-bond donors (Lipinski definition) is 1. The summed E-state index contributed by atoms with van der Waals surface area (Å²) in [6, 6.07) is 4.38. The predicted octanol–water partition coefficient (Wildman–Crippen LogP) is 1.91. The zero-order chi connectivity index (χ0) is 13.2. The molecule has 0 aliphatic carbocycles. The molecule has 0 unspecified atom stereocenters. The van der Waals surface area contributed by atoms with Gasteiger partial charge in [-0.25, -0.2) is 4.39 Å². The van der Waals surface area contributed by atoms with E-state index < -0.39 is 5.82 Å². The van der Waals surface area contributed by atoms with E-state index in [4.69, 9.17) is 10.5 Å². The molecule has 0 bridgehead atoms. The highest BCUT2D eigenvalue weighted by molar-refractivity contribution is 5.42. The zero-order valence-corrected chi connectivity index (χ0v) is 10.5. The van der Waals surface area contributed by atoms with Crippen LogP contribution in [0.1, 0.15) is 24.5 Å². The molecule has 3 rings (SSSR count). The number of halogens is 1. The Hall–Kier alpha value is -2.11. The van der Waals surface area contributed by atoms with Gasteiger partial charge in [-0.05, 0) is 25.0 Å². The molecule has 1 aliphatic rings. The van der Waals surface area contributed by atoms with Crippen molar-refractivity contribution in [2.45, 2.75) is 32.4 Å². The highest BCUT2D eigenvalue weighted by atomic mass is 19.1. The molecule has 1 aromatic heterocycles. The Morgan fingerprint density at radius 3 is 3.05 bits per heavy atom. The van der Waals surface area contributed by atoms with E-state index in [0.717, 1.165) is 37.5 Å². The number of hydrogen-bond acceptors (Lipinski definition) is 4. The van der Waals surface area contributed by atoms with Gasteiger partial charge in [0.15, 0.2) is 17.4 Å². The number of ether oxygens (including phenoxy) is 1. The summed E-state index contributed by atoms with van der Waals surface area (Å²) in [6.07, 6.45) is 3.21. The highest BCUT2D eigenvalue weighted by Gasteiger charge is 2.16. The molecule has 19 heavy (non-hydrogen) atoms. The summed E-state index contributed by atoms with van der Waals surface area (Å²) >= 11 is 0. The molecule has 0 atom stereocenters. The lowest BCUT2D eigenvalue weighted by Crippen LogP contribution is -2.14. The molecule has 1 aromatic carbocycles. The average molecular weight is 262 g/mol. The van der Waals surface area contributed by atoms with Crippen LogP contribution in [0.25, 0.3) is 0 Å². The van der Waals surface area contributed by atoms with E-state index in [9.17, 15) is 4.39 Å². The van der Waals surface area contributed by atoms with Gasteiger partial charge < -0.3 is 15.0 Å². The Labute approximate surface area is 110 Å². The first-order valence-electron chi connectivity index (χ1n) is 6.33. The van der Waals surface area contributed by atoms with E-state index in [2.05, 4.69) is 14.8 Å². The van der Waals surface area contributed by atoms with Crippen molar-refractivity contribution in [3.05, 3.63) is 35.7 Å². The number of rotatable bonds is 3. The van der Waals surface area contributed by atoms with Crippen molar-refractivity contribution in [1.29, 1.82) is 0 Å². The summed E-state index contributed by atoms with van der Waals surface area (Å²) in [7, 11) is 0. The normalized spacial score (nSPS) is 14.2. The van der Waals surface area contributed by atoms with Gasteiger partial charge in [0.1, 0.15) is 12.4 Å². The molecule has 100 valence electrons. The van der Waals surface area contributed by atoms with Crippen molar-refractivity contribution in [2.75, 3.05) is 5.73 Å². The summed E-state index contributed by atoms with van der Waals surface area (Å²) < 4.78 is 21.1. The van der Waals surface area contributed by atoms with Crippen molar-refractivity contribution in [3.8, 4) is 5.75 Å². The second-order valence-electron chi connectivity index (χ2n) is 4.62.